The van der Waals surface area contributed by atoms with Crippen molar-refractivity contribution in [3.05, 3.63) is 24.3 Å². The van der Waals surface area contributed by atoms with Gasteiger partial charge in [0.15, 0.2) is 0 Å². The maximum absolute atomic E-state index is 11.8. The molecular weight excluding hydrogens is 276 g/mol. The molecule has 1 saturated heterocycles. The van der Waals surface area contributed by atoms with E-state index < -0.39 is 10.0 Å². The lowest BCUT2D eigenvalue weighted by atomic mass is 10.0. The fourth-order valence-electron chi connectivity index (χ4n) is 2.26. The van der Waals surface area contributed by atoms with Crippen LogP contribution in [0, 0.1) is 5.92 Å². The van der Waals surface area contributed by atoms with E-state index in [1.54, 1.807) is 31.2 Å². The summed E-state index contributed by atoms with van der Waals surface area (Å²) < 4.78 is 31.5. The van der Waals surface area contributed by atoms with Crippen LogP contribution in [0.5, 0.6) is 0 Å². The Bertz CT molecular complexity index is 508. The highest BCUT2D eigenvalue weighted by molar-refractivity contribution is 7.89. The molecule has 112 valence electrons. The van der Waals surface area contributed by atoms with Crippen LogP contribution in [0.1, 0.15) is 19.8 Å². The number of ether oxygens (including phenoxy) is 1. The van der Waals surface area contributed by atoms with Gasteiger partial charge in [0.1, 0.15) is 0 Å². The van der Waals surface area contributed by atoms with E-state index in [4.69, 9.17) is 4.74 Å². The molecule has 20 heavy (non-hydrogen) atoms. The fourth-order valence-corrected chi connectivity index (χ4v) is 3.30. The summed E-state index contributed by atoms with van der Waals surface area (Å²) >= 11 is 0. The first kappa shape index (κ1) is 15.3. The Labute approximate surface area is 120 Å². The molecule has 1 aromatic carbocycles. The second-order valence-electron chi connectivity index (χ2n) is 4.99. The average molecular weight is 298 g/mol. The molecular formula is C14H22N2O3S. The molecule has 1 heterocycles. The summed E-state index contributed by atoms with van der Waals surface area (Å²) in [6, 6.07) is 6.84. The minimum absolute atomic E-state index is 0.297. The zero-order valence-corrected chi connectivity index (χ0v) is 12.6. The second kappa shape index (κ2) is 7.06. The molecule has 1 aliphatic heterocycles. The van der Waals surface area contributed by atoms with Gasteiger partial charge in [0, 0.05) is 25.4 Å². The summed E-state index contributed by atoms with van der Waals surface area (Å²) in [5, 5.41) is 3.33. The minimum atomic E-state index is -3.36. The topological polar surface area (TPSA) is 67.4 Å². The van der Waals surface area contributed by atoms with Crippen LogP contribution in [-0.2, 0) is 14.8 Å². The van der Waals surface area contributed by atoms with Crippen LogP contribution < -0.4 is 10.0 Å². The zero-order valence-electron chi connectivity index (χ0n) is 11.8. The Morgan fingerprint density at radius 2 is 2.05 bits per heavy atom. The summed E-state index contributed by atoms with van der Waals surface area (Å²) in [6.07, 6.45) is 2.30. The van der Waals surface area contributed by atoms with E-state index in [2.05, 4.69) is 10.0 Å². The van der Waals surface area contributed by atoms with Gasteiger partial charge in [0.25, 0.3) is 0 Å². The summed E-state index contributed by atoms with van der Waals surface area (Å²) in [4.78, 5) is 0.297. The lowest BCUT2D eigenvalue weighted by Crippen LogP contribution is -2.24. The van der Waals surface area contributed by atoms with Crippen molar-refractivity contribution in [1.82, 2.24) is 4.72 Å². The van der Waals surface area contributed by atoms with Gasteiger partial charge in [0.2, 0.25) is 10.0 Å². The maximum Gasteiger partial charge on any atom is 0.240 e. The van der Waals surface area contributed by atoms with Gasteiger partial charge in [-0.15, -0.1) is 0 Å². The summed E-state index contributed by atoms with van der Waals surface area (Å²) in [5.74, 6) is 0.536. The maximum atomic E-state index is 11.8. The quantitative estimate of drug-likeness (QED) is 0.841. The number of hydrogen-bond acceptors (Lipinski definition) is 4. The van der Waals surface area contributed by atoms with Crippen LogP contribution >= 0.6 is 0 Å². The standard InChI is InChI=1S/C14H22N2O3S/c1-2-16-20(17,18)14-7-5-13(6-8-14)15-10-12-4-3-9-19-11-12/h5-8,12,15-16H,2-4,9-11H2,1H3. The van der Waals surface area contributed by atoms with Crippen LogP contribution in [0.2, 0.25) is 0 Å². The van der Waals surface area contributed by atoms with Crippen molar-refractivity contribution in [2.75, 3.05) is 31.6 Å². The second-order valence-corrected chi connectivity index (χ2v) is 6.76. The van der Waals surface area contributed by atoms with E-state index in [0.29, 0.717) is 17.4 Å². The van der Waals surface area contributed by atoms with Crippen LogP contribution in [0.4, 0.5) is 5.69 Å². The normalized spacial score (nSPS) is 19.8. The first-order valence-corrected chi connectivity index (χ1v) is 8.51. The van der Waals surface area contributed by atoms with E-state index in [0.717, 1.165) is 31.9 Å². The van der Waals surface area contributed by atoms with Crippen molar-refractivity contribution in [2.24, 2.45) is 5.92 Å². The molecule has 6 heteroatoms. The minimum Gasteiger partial charge on any atom is -0.385 e. The summed E-state index contributed by atoms with van der Waals surface area (Å²) in [6.45, 7) is 4.69. The summed E-state index contributed by atoms with van der Waals surface area (Å²) in [7, 11) is -3.36. The van der Waals surface area contributed by atoms with Gasteiger partial charge in [0.05, 0.1) is 11.5 Å². The molecule has 0 bridgehead atoms. The van der Waals surface area contributed by atoms with Crippen LogP contribution in [0.25, 0.3) is 0 Å². The van der Waals surface area contributed by atoms with Gasteiger partial charge < -0.3 is 10.1 Å². The van der Waals surface area contributed by atoms with Crippen LogP contribution in [0.3, 0.4) is 0 Å². The lowest BCUT2D eigenvalue weighted by Gasteiger charge is -2.22. The molecule has 2 N–H and O–H groups in total. The summed E-state index contributed by atoms with van der Waals surface area (Å²) in [5.41, 5.74) is 0.936. The Morgan fingerprint density at radius 1 is 1.30 bits per heavy atom. The van der Waals surface area contributed by atoms with Crippen molar-refractivity contribution in [2.45, 2.75) is 24.7 Å². The van der Waals surface area contributed by atoms with E-state index in [1.807, 2.05) is 0 Å². The molecule has 0 amide bonds. The molecule has 1 unspecified atom stereocenters. The molecule has 0 aliphatic carbocycles. The SMILES string of the molecule is CCNS(=O)(=O)c1ccc(NCC2CCCOC2)cc1. The molecule has 2 rings (SSSR count). The first-order valence-electron chi connectivity index (χ1n) is 7.03. The lowest BCUT2D eigenvalue weighted by molar-refractivity contribution is 0.0595. The van der Waals surface area contributed by atoms with E-state index in [-0.39, 0.29) is 0 Å². The van der Waals surface area contributed by atoms with Gasteiger partial charge >= 0.3 is 0 Å². The highest BCUT2D eigenvalue weighted by Crippen LogP contribution is 2.17. The third-order valence-electron chi connectivity index (χ3n) is 3.35. The van der Waals surface area contributed by atoms with Crippen LogP contribution in [0.15, 0.2) is 29.2 Å². The highest BCUT2D eigenvalue weighted by atomic mass is 32.2. The Morgan fingerprint density at radius 3 is 2.65 bits per heavy atom. The number of hydrogen-bond donors (Lipinski definition) is 2. The van der Waals surface area contributed by atoms with Gasteiger partial charge in [-0.05, 0) is 43.0 Å². The molecule has 0 saturated carbocycles. The van der Waals surface area contributed by atoms with E-state index in [1.165, 1.54) is 6.42 Å². The molecule has 5 nitrogen and oxygen atoms in total. The van der Waals surface area contributed by atoms with E-state index in [9.17, 15) is 8.42 Å². The molecule has 1 aromatic rings. The largest absolute Gasteiger partial charge is 0.385 e. The highest BCUT2D eigenvalue weighted by Gasteiger charge is 2.14. The predicted molar refractivity (Wildman–Crippen MR) is 79.3 cm³/mol. The molecule has 0 radical (unpaired) electrons. The zero-order chi connectivity index (χ0) is 14.4. The van der Waals surface area contributed by atoms with Crippen LogP contribution in [-0.4, -0.2) is 34.7 Å². The smallest absolute Gasteiger partial charge is 0.240 e. The third kappa shape index (κ3) is 4.19. The monoisotopic (exact) mass is 298 g/mol. The number of benzene rings is 1. The van der Waals surface area contributed by atoms with Crippen molar-refractivity contribution in [3.63, 3.8) is 0 Å². The number of rotatable bonds is 6. The fraction of sp³-hybridized carbons (Fsp3) is 0.571. The Kier molecular flexibility index (Phi) is 5.39. The van der Waals surface area contributed by atoms with Gasteiger partial charge in [-0.3, -0.25) is 0 Å². The third-order valence-corrected chi connectivity index (χ3v) is 4.91. The van der Waals surface area contributed by atoms with Crippen molar-refractivity contribution < 1.29 is 13.2 Å². The van der Waals surface area contributed by atoms with E-state index >= 15 is 0 Å². The van der Waals surface area contributed by atoms with Crippen molar-refractivity contribution >= 4 is 15.7 Å². The van der Waals surface area contributed by atoms with Gasteiger partial charge in [-0.25, -0.2) is 13.1 Å². The average Bonchev–Trinajstić information content (AvgIpc) is 2.47. The molecule has 1 atom stereocenters. The van der Waals surface area contributed by atoms with Crippen molar-refractivity contribution in [1.29, 1.82) is 0 Å². The Hall–Kier alpha value is -1.11. The van der Waals surface area contributed by atoms with Gasteiger partial charge in [-0.2, -0.15) is 0 Å². The number of nitrogens with one attached hydrogen (secondary N) is 2. The van der Waals surface area contributed by atoms with Gasteiger partial charge in [-0.1, -0.05) is 6.92 Å². The first-order chi connectivity index (χ1) is 9.62. The Balaban J connectivity index is 1.91. The number of sulfonamides is 1. The molecule has 0 aromatic heterocycles. The van der Waals surface area contributed by atoms with Crippen molar-refractivity contribution in [3.8, 4) is 0 Å². The molecule has 1 fully saturated rings. The molecule has 1 aliphatic rings. The number of anilines is 1. The molecule has 0 spiro atoms. The predicted octanol–water partition coefficient (Wildman–Crippen LogP) is 1.82.